The molecule has 19 heavy (non-hydrogen) atoms. The molecule has 2 heteroatoms. The van der Waals surface area contributed by atoms with Gasteiger partial charge in [0.2, 0.25) is 0 Å². The Balaban J connectivity index is 1.71. The molecular formula is C17H19NO. The van der Waals surface area contributed by atoms with Crippen LogP contribution in [0.5, 0.6) is 11.5 Å². The van der Waals surface area contributed by atoms with Crippen molar-refractivity contribution in [3.63, 3.8) is 0 Å². The molecule has 2 aromatic rings. The van der Waals surface area contributed by atoms with Gasteiger partial charge in [-0.25, -0.2) is 0 Å². The highest BCUT2D eigenvalue weighted by atomic mass is 16.5. The average Bonchev–Trinajstić information content (AvgIpc) is 2.34. The van der Waals surface area contributed by atoms with E-state index in [9.17, 15) is 0 Å². The Morgan fingerprint density at radius 1 is 1.00 bits per heavy atom. The van der Waals surface area contributed by atoms with Gasteiger partial charge in [0.15, 0.2) is 0 Å². The van der Waals surface area contributed by atoms with Crippen LogP contribution in [0.1, 0.15) is 24.8 Å². The quantitative estimate of drug-likeness (QED) is 0.819. The highest BCUT2D eigenvalue weighted by Gasteiger charge is 2.17. The third-order valence-electron chi connectivity index (χ3n) is 3.74. The van der Waals surface area contributed by atoms with Crippen LogP contribution in [0.3, 0.4) is 0 Å². The summed E-state index contributed by atoms with van der Waals surface area (Å²) in [6.45, 7) is 0. The number of rotatable bonds is 4. The van der Waals surface area contributed by atoms with Gasteiger partial charge in [0.1, 0.15) is 11.5 Å². The number of anilines is 1. The van der Waals surface area contributed by atoms with Crippen molar-refractivity contribution in [2.24, 2.45) is 5.92 Å². The Morgan fingerprint density at radius 3 is 2.42 bits per heavy atom. The highest BCUT2D eigenvalue weighted by molar-refractivity contribution is 5.45. The Labute approximate surface area is 114 Å². The van der Waals surface area contributed by atoms with Gasteiger partial charge in [-0.2, -0.15) is 0 Å². The molecule has 1 saturated carbocycles. The summed E-state index contributed by atoms with van der Waals surface area (Å²) in [5, 5.41) is 0. The second-order valence-corrected chi connectivity index (χ2v) is 5.32. The molecule has 0 heterocycles. The van der Waals surface area contributed by atoms with Crippen molar-refractivity contribution in [3.05, 3.63) is 54.1 Å². The van der Waals surface area contributed by atoms with Gasteiger partial charge in [-0.1, -0.05) is 37.5 Å². The fraction of sp³-hybridized carbons (Fsp3) is 0.294. The van der Waals surface area contributed by atoms with E-state index in [1.165, 1.54) is 31.2 Å². The third-order valence-corrected chi connectivity index (χ3v) is 3.74. The lowest BCUT2D eigenvalue weighted by Gasteiger charge is -2.25. The second kappa shape index (κ2) is 5.35. The minimum atomic E-state index is 0.725. The molecule has 0 bridgehead atoms. The molecule has 2 aromatic carbocycles. The smallest absolute Gasteiger partial charge is 0.129 e. The van der Waals surface area contributed by atoms with Crippen LogP contribution in [0.15, 0.2) is 48.5 Å². The van der Waals surface area contributed by atoms with Crippen LogP contribution >= 0.6 is 0 Å². The largest absolute Gasteiger partial charge is 0.457 e. The average molecular weight is 253 g/mol. The van der Waals surface area contributed by atoms with Crippen LogP contribution < -0.4 is 10.5 Å². The molecule has 3 rings (SSSR count). The summed E-state index contributed by atoms with van der Waals surface area (Å²) in [6, 6.07) is 15.9. The van der Waals surface area contributed by atoms with Gasteiger partial charge in [-0.15, -0.1) is 0 Å². The zero-order valence-corrected chi connectivity index (χ0v) is 11.0. The number of benzene rings is 2. The van der Waals surface area contributed by atoms with Crippen LogP contribution in [0.25, 0.3) is 0 Å². The maximum atomic E-state index is 5.85. The number of ether oxygens (including phenoxy) is 1. The van der Waals surface area contributed by atoms with Crippen molar-refractivity contribution in [2.45, 2.75) is 25.7 Å². The molecule has 2 N–H and O–H groups in total. The van der Waals surface area contributed by atoms with Crippen LogP contribution in [-0.2, 0) is 6.42 Å². The van der Waals surface area contributed by atoms with Crippen LogP contribution in [0.2, 0.25) is 0 Å². The summed E-state index contributed by atoms with van der Waals surface area (Å²) in [7, 11) is 0. The molecule has 0 unspecified atom stereocenters. The standard InChI is InChI=1S/C17H19NO/c18-15-7-3-9-17(12-15)19-16-8-2-6-14(11-16)10-13-4-1-5-13/h2-3,6-9,11-13H,1,4-5,10,18H2. The van der Waals surface area contributed by atoms with Gasteiger partial charge in [0.25, 0.3) is 0 Å². The van der Waals surface area contributed by atoms with E-state index < -0.39 is 0 Å². The van der Waals surface area contributed by atoms with E-state index in [0.717, 1.165) is 23.1 Å². The van der Waals surface area contributed by atoms with E-state index in [2.05, 4.69) is 18.2 Å². The van der Waals surface area contributed by atoms with Crippen molar-refractivity contribution in [1.29, 1.82) is 0 Å². The van der Waals surface area contributed by atoms with E-state index in [1.807, 2.05) is 30.3 Å². The SMILES string of the molecule is Nc1cccc(Oc2cccc(CC3CCC3)c2)c1. The fourth-order valence-corrected chi connectivity index (χ4v) is 2.48. The van der Waals surface area contributed by atoms with Gasteiger partial charge in [0, 0.05) is 11.8 Å². The van der Waals surface area contributed by atoms with E-state index in [0.29, 0.717) is 0 Å². The van der Waals surface area contributed by atoms with Gasteiger partial charge in [0.05, 0.1) is 0 Å². The van der Waals surface area contributed by atoms with E-state index >= 15 is 0 Å². The first-order valence-electron chi connectivity index (χ1n) is 6.92. The van der Waals surface area contributed by atoms with Gasteiger partial charge >= 0.3 is 0 Å². The Morgan fingerprint density at radius 2 is 1.74 bits per heavy atom. The van der Waals surface area contributed by atoms with E-state index in [4.69, 9.17) is 10.5 Å². The summed E-state index contributed by atoms with van der Waals surface area (Å²) < 4.78 is 5.85. The first-order chi connectivity index (χ1) is 9.29. The van der Waals surface area contributed by atoms with Crippen LogP contribution in [0, 0.1) is 5.92 Å². The minimum Gasteiger partial charge on any atom is -0.457 e. The number of nitrogens with two attached hydrogens (primary N) is 1. The number of nitrogen functional groups attached to an aromatic ring is 1. The molecule has 0 atom stereocenters. The zero-order valence-electron chi connectivity index (χ0n) is 11.0. The molecule has 0 radical (unpaired) electrons. The zero-order chi connectivity index (χ0) is 13.1. The second-order valence-electron chi connectivity index (χ2n) is 5.32. The monoisotopic (exact) mass is 253 g/mol. The predicted octanol–water partition coefficient (Wildman–Crippen LogP) is 4.40. The molecule has 0 aromatic heterocycles. The molecule has 1 fully saturated rings. The van der Waals surface area contributed by atoms with Gasteiger partial charge < -0.3 is 10.5 Å². The molecule has 0 saturated heterocycles. The summed E-state index contributed by atoms with van der Waals surface area (Å²) in [6.07, 6.45) is 5.32. The van der Waals surface area contributed by atoms with Gasteiger partial charge in [-0.05, 0) is 42.2 Å². The maximum Gasteiger partial charge on any atom is 0.129 e. The first-order valence-corrected chi connectivity index (χ1v) is 6.92. The number of hydrogen-bond acceptors (Lipinski definition) is 2. The Kier molecular flexibility index (Phi) is 3.41. The molecular weight excluding hydrogens is 234 g/mol. The Bertz CT molecular complexity index is 561. The molecule has 2 nitrogen and oxygen atoms in total. The van der Waals surface area contributed by atoms with Crippen LogP contribution in [0.4, 0.5) is 5.69 Å². The normalized spacial score (nSPS) is 14.9. The summed E-state index contributed by atoms with van der Waals surface area (Å²) in [5.41, 5.74) is 7.85. The summed E-state index contributed by atoms with van der Waals surface area (Å²) >= 11 is 0. The molecule has 0 spiro atoms. The van der Waals surface area contributed by atoms with E-state index in [1.54, 1.807) is 0 Å². The number of hydrogen-bond donors (Lipinski definition) is 1. The Hall–Kier alpha value is -1.96. The summed E-state index contributed by atoms with van der Waals surface area (Å²) in [5.74, 6) is 2.56. The fourth-order valence-electron chi connectivity index (χ4n) is 2.48. The van der Waals surface area contributed by atoms with Crippen molar-refractivity contribution < 1.29 is 4.74 Å². The van der Waals surface area contributed by atoms with Crippen molar-refractivity contribution in [1.82, 2.24) is 0 Å². The molecule has 98 valence electrons. The maximum absolute atomic E-state index is 5.85. The highest BCUT2D eigenvalue weighted by Crippen LogP contribution is 2.31. The molecule has 0 amide bonds. The topological polar surface area (TPSA) is 35.2 Å². The summed E-state index contributed by atoms with van der Waals surface area (Å²) in [4.78, 5) is 0. The van der Waals surface area contributed by atoms with E-state index in [-0.39, 0.29) is 0 Å². The lowest BCUT2D eigenvalue weighted by atomic mass is 9.81. The lowest BCUT2D eigenvalue weighted by molar-refractivity contribution is 0.314. The van der Waals surface area contributed by atoms with Crippen LogP contribution in [-0.4, -0.2) is 0 Å². The molecule has 1 aliphatic carbocycles. The predicted molar refractivity (Wildman–Crippen MR) is 78.4 cm³/mol. The molecule has 0 aliphatic heterocycles. The van der Waals surface area contributed by atoms with Crippen molar-refractivity contribution in [3.8, 4) is 11.5 Å². The van der Waals surface area contributed by atoms with Crippen molar-refractivity contribution >= 4 is 5.69 Å². The third kappa shape index (κ3) is 3.08. The lowest BCUT2D eigenvalue weighted by Crippen LogP contribution is -2.13. The first kappa shape index (κ1) is 12.1. The van der Waals surface area contributed by atoms with Crippen molar-refractivity contribution in [2.75, 3.05) is 5.73 Å². The minimum absolute atomic E-state index is 0.725. The molecule has 1 aliphatic rings. The van der Waals surface area contributed by atoms with Gasteiger partial charge in [-0.3, -0.25) is 0 Å².